The predicted octanol–water partition coefficient (Wildman–Crippen LogP) is 0.714. The molecule has 0 fully saturated rings. The van der Waals surface area contributed by atoms with E-state index < -0.39 is 43.6 Å². The number of alkyl halides is 2. The number of pyridine rings is 1. The molecule has 7 nitrogen and oxygen atoms in total. The number of hydrogen-bond donors (Lipinski definition) is 1. The van der Waals surface area contributed by atoms with Gasteiger partial charge < -0.3 is 0 Å². The molecule has 0 aliphatic rings. The Bertz CT molecular complexity index is 574. The van der Waals surface area contributed by atoms with Crippen molar-refractivity contribution in [1.82, 2.24) is 4.98 Å². The van der Waals surface area contributed by atoms with Gasteiger partial charge in [-0.15, -0.1) is 0 Å². The lowest BCUT2D eigenvalue weighted by atomic mass is 10.3. The van der Waals surface area contributed by atoms with Crippen LogP contribution in [0.15, 0.2) is 11.1 Å². The van der Waals surface area contributed by atoms with Gasteiger partial charge in [-0.05, 0) is 0 Å². The first-order valence-corrected chi connectivity index (χ1v) is 5.35. The fourth-order valence-electron chi connectivity index (χ4n) is 0.982. The average molecular weight is 271 g/mol. The largest absolute Gasteiger partial charge is 0.332 e. The Morgan fingerprint density at radius 2 is 2.00 bits per heavy atom. The molecule has 0 saturated carbocycles. The average Bonchev–Trinajstić information content (AvgIpc) is 2.13. The normalized spacial score (nSPS) is 11.8. The van der Waals surface area contributed by atoms with Gasteiger partial charge in [0.15, 0.2) is 10.7 Å². The highest BCUT2D eigenvalue weighted by Gasteiger charge is 2.31. The maximum Gasteiger partial charge on any atom is 0.332 e. The monoisotopic (exact) mass is 271 g/mol. The Hall–Kier alpha value is -1.75. The molecule has 0 spiro atoms. The third-order valence-electron chi connectivity index (χ3n) is 1.63. The molecule has 94 valence electrons. The molecule has 1 aromatic rings. The molecular formula is C6H4F3N3O4S. The van der Waals surface area contributed by atoms with Gasteiger partial charge in [-0.2, -0.15) is 4.39 Å². The Morgan fingerprint density at radius 3 is 2.35 bits per heavy atom. The van der Waals surface area contributed by atoms with E-state index in [9.17, 15) is 31.7 Å². The molecule has 0 aliphatic carbocycles. The third-order valence-corrected chi connectivity index (χ3v) is 2.42. The zero-order valence-corrected chi connectivity index (χ0v) is 8.62. The summed E-state index contributed by atoms with van der Waals surface area (Å²) in [5, 5.41) is 13.7. The van der Waals surface area contributed by atoms with Crippen LogP contribution in [0, 0.1) is 15.9 Å². The second-order valence-corrected chi connectivity index (χ2v) is 4.29. The fraction of sp³-hybridized carbons (Fsp3) is 0.167. The molecule has 0 amide bonds. The minimum atomic E-state index is -4.53. The van der Waals surface area contributed by atoms with Crippen LogP contribution >= 0.6 is 0 Å². The lowest BCUT2D eigenvalue weighted by molar-refractivity contribution is -0.389. The highest BCUT2D eigenvalue weighted by molar-refractivity contribution is 7.89. The molecule has 0 radical (unpaired) electrons. The fourth-order valence-corrected chi connectivity index (χ4v) is 1.48. The van der Waals surface area contributed by atoms with E-state index in [4.69, 9.17) is 0 Å². The molecule has 2 N–H and O–H groups in total. The summed E-state index contributed by atoms with van der Waals surface area (Å²) in [7, 11) is -4.53. The quantitative estimate of drug-likeness (QED) is 0.642. The number of aromatic nitrogens is 1. The summed E-state index contributed by atoms with van der Waals surface area (Å²) >= 11 is 0. The number of nitrogens with two attached hydrogens (primary N) is 1. The van der Waals surface area contributed by atoms with Crippen LogP contribution in [-0.2, 0) is 10.0 Å². The van der Waals surface area contributed by atoms with E-state index in [1.807, 2.05) is 0 Å². The molecule has 0 aliphatic heterocycles. The molecule has 0 atom stereocenters. The van der Waals surface area contributed by atoms with Crippen LogP contribution in [0.2, 0.25) is 0 Å². The number of nitrogens with zero attached hydrogens (tertiary/aromatic N) is 2. The first kappa shape index (κ1) is 13.3. The van der Waals surface area contributed by atoms with Crippen LogP contribution in [0.5, 0.6) is 0 Å². The van der Waals surface area contributed by atoms with Crippen LogP contribution in [0.1, 0.15) is 12.1 Å². The van der Waals surface area contributed by atoms with Crippen molar-refractivity contribution in [3.8, 4) is 0 Å². The first-order valence-electron chi connectivity index (χ1n) is 3.80. The molecule has 17 heavy (non-hydrogen) atoms. The maximum absolute atomic E-state index is 13.1. The van der Waals surface area contributed by atoms with E-state index in [1.165, 1.54) is 0 Å². The van der Waals surface area contributed by atoms with Crippen molar-refractivity contribution in [2.45, 2.75) is 11.5 Å². The summed E-state index contributed by atoms with van der Waals surface area (Å²) in [6.07, 6.45) is -3.51. The number of primary sulfonamides is 1. The van der Waals surface area contributed by atoms with E-state index in [1.54, 1.807) is 0 Å². The first-order chi connectivity index (χ1) is 7.64. The van der Waals surface area contributed by atoms with Crippen LogP contribution in [-0.4, -0.2) is 18.3 Å². The van der Waals surface area contributed by atoms with Gasteiger partial charge in [-0.1, -0.05) is 0 Å². The van der Waals surface area contributed by atoms with Crippen molar-refractivity contribution in [3.63, 3.8) is 0 Å². The maximum atomic E-state index is 13.1. The zero-order chi connectivity index (χ0) is 13.4. The van der Waals surface area contributed by atoms with Crippen LogP contribution in [0.25, 0.3) is 0 Å². The molecular weight excluding hydrogens is 267 g/mol. The summed E-state index contributed by atoms with van der Waals surface area (Å²) in [5.74, 6) is -1.75. The molecule has 1 aromatic heterocycles. The Labute approximate surface area is 92.3 Å². The van der Waals surface area contributed by atoms with Crippen molar-refractivity contribution >= 4 is 15.7 Å². The predicted molar refractivity (Wildman–Crippen MR) is 47.2 cm³/mol. The van der Waals surface area contributed by atoms with Crippen molar-refractivity contribution in [3.05, 3.63) is 27.7 Å². The van der Waals surface area contributed by atoms with Gasteiger partial charge in [0.25, 0.3) is 16.4 Å². The zero-order valence-electron chi connectivity index (χ0n) is 7.80. The lowest BCUT2D eigenvalue weighted by Crippen LogP contribution is -2.16. The van der Waals surface area contributed by atoms with Gasteiger partial charge in [-0.25, -0.2) is 27.3 Å². The van der Waals surface area contributed by atoms with Crippen molar-refractivity contribution < 1.29 is 26.5 Å². The van der Waals surface area contributed by atoms with Crippen molar-refractivity contribution in [2.24, 2.45) is 5.14 Å². The molecule has 0 aromatic carbocycles. The van der Waals surface area contributed by atoms with Gasteiger partial charge in [0, 0.05) is 6.07 Å². The summed E-state index contributed by atoms with van der Waals surface area (Å²) in [5.41, 5.74) is -3.16. The minimum Gasteiger partial charge on any atom is -0.258 e. The minimum absolute atomic E-state index is 0.110. The molecule has 0 unspecified atom stereocenters. The van der Waals surface area contributed by atoms with Crippen LogP contribution in [0.4, 0.5) is 18.9 Å². The summed E-state index contributed by atoms with van der Waals surface area (Å²) in [4.78, 5) is 11.7. The number of rotatable bonds is 3. The van der Waals surface area contributed by atoms with Gasteiger partial charge in [0.05, 0.1) is 4.92 Å². The SMILES string of the molecule is NS(=O)(=O)c1cc(F)c([N+](=O)[O-])c(C(F)F)n1. The lowest BCUT2D eigenvalue weighted by Gasteiger charge is -2.04. The van der Waals surface area contributed by atoms with Crippen molar-refractivity contribution in [2.75, 3.05) is 0 Å². The van der Waals surface area contributed by atoms with Crippen LogP contribution in [0.3, 0.4) is 0 Å². The summed E-state index contributed by atoms with van der Waals surface area (Å²) in [6, 6.07) is 0.110. The van der Waals surface area contributed by atoms with Gasteiger partial charge in [0.2, 0.25) is 5.82 Å². The highest BCUT2D eigenvalue weighted by atomic mass is 32.2. The van der Waals surface area contributed by atoms with E-state index in [0.717, 1.165) is 0 Å². The molecule has 0 saturated heterocycles. The molecule has 1 rings (SSSR count). The number of hydrogen-bond acceptors (Lipinski definition) is 5. The van der Waals surface area contributed by atoms with Crippen molar-refractivity contribution in [1.29, 1.82) is 0 Å². The Morgan fingerprint density at radius 1 is 1.47 bits per heavy atom. The van der Waals surface area contributed by atoms with E-state index in [2.05, 4.69) is 10.1 Å². The second-order valence-electron chi connectivity index (χ2n) is 2.78. The van der Waals surface area contributed by atoms with E-state index >= 15 is 0 Å². The smallest absolute Gasteiger partial charge is 0.258 e. The Kier molecular flexibility index (Phi) is 3.33. The summed E-state index contributed by atoms with van der Waals surface area (Å²) < 4.78 is 59.4. The molecule has 11 heteroatoms. The topological polar surface area (TPSA) is 116 Å². The summed E-state index contributed by atoms with van der Waals surface area (Å²) in [6.45, 7) is 0. The van der Waals surface area contributed by atoms with Crippen LogP contribution < -0.4 is 5.14 Å². The third kappa shape index (κ3) is 2.68. The number of sulfonamides is 1. The van der Waals surface area contributed by atoms with Gasteiger partial charge in [0.1, 0.15) is 0 Å². The van der Waals surface area contributed by atoms with E-state index in [0.29, 0.717) is 0 Å². The molecule has 0 bridgehead atoms. The number of halogens is 3. The standard InChI is InChI=1S/C6H4F3N3O4S/c7-2-1-3(17(10,15)16)11-4(6(8)9)5(2)12(13)14/h1,6H,(H2,10,15,16). The highest BCUT2D eigenvalue weighted by Crippen LogP contribution is 2.30. The van der Waals surface area contributed by atoms with E-state index in [-0.39, 0.29) is 6.07 Å². The molecule has 1 heterocycles. The van der Waals surface area contributed by atoms with Gasteiger partial charge in [-0.3, -0.25) is 10.1 Å². The van der Waals surface area contributed by atoms with Gasteiger partial charge >= 0.3 is 5.69 Å². The number of nitro groups is 1. The second kappa shape index (κ2) is 4.25. The Balaban J connectivity index is 3.64.